The first-order chi connectivity index (χ1) is 11.6. The first-order valence-corrected chi connectivity index (χ1v) is 8.93. The van der Waals surface area contributed by atoms with Crippen LogP contribution in [0.3, 0.4) is 0 Å². The van der Waals surface area contributed by atoms with Gasteiger partial charge in [0.25, 0.3) is 5.91 Å². The highest BCUT2D eigenvalue weighted by Crippen LogP contribution is 2.33. The van der Waals surface area contributed by atoms with Gasteiger partial charge in [0, 0.05) is 38.8 Å². The van der Waals surface area contributed by atoms with E-state index in [0.717, 1.165) is 19.0 Å². The Morgan fingerprint density at radius 2 is 2.04 bits per heavy atom. The van der Waals surface area contributed by atoms with Crippen molar-refractivity contribution in [3.8, 4) is 0 Å². The smallest absolute Gasteiger partial charge is 0.258 e. The molecule has 0 spiro atoms. The molecule has 0 unspecified atom stereocenters. The van der Waals surface area contributed by atoms with Crippen molar-refractivity contribution in [3.63, 3.8) is 0 Å². The van der Waals surface area contributed by atoms with Gasteiger partial charge in [0.2, 0.25) is 0 Å². The molecule has 1 amide bonds. The Morgan fingerprint density at radius 1 is 1.25 bits per heavy atom. The van der Waals surface area contributed by atoms with E-state index in [1.165, 1.54) is 37.9 Å². The second-order valence-corrected chi connectivity index (χ2v) is 7.28. The van der Waals surface area contributed by atoms with Crippen molar-refractivity contribution in [1.29, 1.82) is 0 Å². The highest BCUT2D eigenvalue weighted by atomic mass is 16.2. The minimum Gasteiger partial charge on any atom is -0.345 e. The van der Waals surface area contributed by atoms with Crippen molar-refractivity contribution >= 4 is 11.6 Å². The predicted octanol–water partition coefficient (Wildman–Crippen LogP) is 2.16. The SMILES string of the molecule is CN(C)C(=O)c1cnn2c([C@@H]3CCN(C4CCCC4)C3)ccnc12. The van der Waals surface area contributed by atoms with Crippen LogP contribution in [0.1, 0.15) is 54.1 Å². The van der Waals surface area contributed by atoms with Gasteiger partial charge in [-0.2, -0.15) is 5.10 Å². The van der Waals surface area contributed by atoms with E-state index < -0.39 is 0 Å². The lowest BCUT2D eigenvalue weighted by Crippen LogP contribution is -2.30. The Labute approximate surface area is 142 Å². The Morgan fingerprint density at radius 3 is 2.79 bits per heavy atom. The van der Waals surface area contributed by atoms with Crippen LogP contribution in [0, 0.1) is 0 Å². The van der Waals surface area contributed by atoms with Crippen molar-refractivity contribution in [2.75, 3.05) is 27.2 Å². The highest BCUT2D eigenvalue weighted by molar-refractivity contribution is 5.99. The molecule has 1 saturated carbocycles. The lowest BCUT2D eigenvalue weighted by molar-refractivity contribution is 0.0829. The Kier molecular flexibility index (Phi) is 4.00. The minimum atomic E-state index is -0.0475. The van der Waals surface area contributed by atoms with Crippen molar-refractivity contribution in [3.05, 3.63) is 29.7 Å². The van der Waals surface area contributed by atoms with Crippen LogP contribution in [0.2, 0.25) is 0 Å². The zero-order valence-corrected chi connectivity index (χ0v) is 14.5. The lowest BCUT2D eigenvalue weighted by atomic mass is 10.0. The van der Waals surface area contributed by atoms with Gasteiger partial charge in [-0.3, -0.25) is 9.69 Å². The highest BCUT2D eigenvalue weighted by Gasteiger charge is 2.32. The number of rotatable bonds is 3. The van der Waals surface area contributed by atoms with E-state index in [0.29, 0.717) is 17.1 Å². The molecule has 1 aliphatic heterocycles. The summed E-state index contributed by atoms with van der Waals surface area (Å²) in [6.07, 6.45) is 10.1. The molecule has 0 N–H and O–H groups in total. The van der Waals surface area contributed by atoms with Gasteiger partial charge >= 0.3 is 0 Å². The molecule has 4 rings (SSSR count). The molecule has 3 heterocycles. The molecule has 0 radical (unpaired) electrons. The second kappa shape index (κ2) is 6.16. The van der Waals surface area contributed by atoms with Gasteiger partial charge in [-0.25, -0.2) is 9.50 Å². The van der Waals surface area contributed by atoms with Gasteiger partial charge in [0.05, 0.1) is 11.9 Å². The van der Waals surface area contributed by atoms with E-state index in [1.54, 1.807) is 25.2 Å². The van der Waals surface area contributed by atoms with Crippen LogP contribution in [-0.4, -0.2) is 63.5 Å². The maximum absolute atomic E-state index is 12.3. The predicted molar refractivity (Wildman–Crippen MR) is 92.2 cm³/mol. The molecule has 24 heavy (non-hydrogen) atoms. The number of fused-ring (bicyclic) bond motifs is 1. The van der Waals surface area contributed by atoms with Gasteiger partial charge in [-0.1, -0.05) is 12.8 Å². The van der Waals surface area contributed by atoms with E-state index >= 15 is 0 Å². The summed E-state index contributed by atoms with van der Waals surface area (Å²) in [6.45, 7) is 2.27. The number of likely N-dealkylation sites (tertiary alicyclic amines) is 1. The van der Waals surface area contributed by atoms with Crippen LogP contribution in [0.15, 0.2) is 18.5 Å². The van der Waals surface area contributed by atoms with Crippen LogP contribution < -0.4 is 0 Å². The van der Waals surface area contributed by atoms with Gasteiger partial charge in [-0.05, 0) is 31.9 Å². The standard InChI is InChI=1S/C18H25N5O/c1-21(2)18(24)15-11-20-23-16(7-9-19-17(15)23)13-8-10-22(12-13)14-5-3-4-6-14/h7,9,11,13-14H,3-6,8,10,12H2,1-2H3/t13-/m1/s1. The summed E-state index contributed by atoms with van der Waals surface area (Å²) < 4.78 is 1.87. The molecule has 2 aromatic heterocycles. The fraction of sp³-hybridized carbons (Fsp3) is 0.611. The van der Waals surface area contributed by atoms with Crippen molar-refractivity contribution in [2.45, 2.75) is 44.1 Å². The largest absolute Gasteiger partial charge is 0.345 e. The number of hydrogen-bond acceptors (Lipinski definition) is 4. The normalized spacial score (nSPS) is 22.5. The summed E-state index contributed by atoms with van der Waals surface area (Å²) in [7, 11) is 3.51. The number of aromatic nitrogens is 3. The summed E-state index contributed by atoms with van der Waals surface area (Å²) in [5.41, 5.74) is 2.43. The zero-order valence-electron chi connectivity index (χ0n) is 14.5. The van der Waals surface area contributed by atoms with Crippen LogP contribution >= 0.6 is 0 Å². The maximum atomic E-state index is 12.3. The Balaban J connectivity index is 1.62. The number of carbonyl (C=O) groups excluding carboxylic acids is 1. The van der Waals surface area contributed by atoms with Crippen molar-refractivity contribution in [2.24, 2.45) is 0 Å². The molecule has 2 aliphatic rings. The average Bonchev–Trinajstić information content (AvgIpc) is 3.31. The van der Waals surface area contributed by atoms with E-state index in [9.17, 15) is 4.79 Å². The molecule has 2 aromatic rings. The molecule has 0 aromatic carbocycles. The van der Waals surface area contributed by atoms with Crippen LogP contribution in [0.5, 0.6) is 0 Å². The van der Waals surface area contributed by atoms with E-state index in [4.69, 9.17) is 0 Å². The number of hydrogen-bond donors (Lipinski definition) is 0. The maximum Gasteiger partial charge on any atom is 0.258 e. The average molecular weight is 327 g/mol. The second-order valence-electron chi connectivity index (χ2n) is 7.28. The van der Waals surface area contributed by atoms with Crippen molar-refractivity contribution in [1.82, 2.24) is 24.4 Å². The van der Waals surface area contributed by atoms with Gasteiger partial charge in [-0.15, -0.1) is 0 Å². The first kappa shape index (κ1) is 15.6. The minimum absolute atomic E-state index is 0.0475. The molecule has 6 heteroatoms. The quantitative estimate of drug-likeness (QED) is 0.867. The molecule has 6 nitrogen and oxygen atoms in total. The molecule has 0 bridgehead atoms. The Hall–Kier alpha value is -1.95. The molecular formula is C18H25N5O. The van der Waals surface area contributed by atoms with Gasteiger partial charge in [0.15, 0.2) is 5.65 Å². The fourth-order valence-electron chi connectivity index (χ4n) is 4.24. The van der Waals surface area contributed by atoms with Crippen molar-refractivity contribution < 1.29 is 4.79 Å². The third-order valence-electron chi connectivity index (χ3n) is 5.55. The molecule has 1 atom stereocenters. The summed E-state index contributed by atoms with van der Waals surface area (Å²) in [6, 6.07) is 2.84. The van der Waals surface area contributed by atoms with Crippen LogP contribution in [0.4, 0.5) is 0 Å². The molecule has 2 fully saturated rings. The van der Waals surface area contributed by atoms with Crippen LogP contribution in [0.25, 0.3) is 5.65 Å². The van der Waals surface area contributed by atoms with E-state index in [-0.39, 0.29) is 5.91 Å². The first-order valence-electron chi connectivity index (χ1n) is 8.93. The summed E-state index contributed by atoms with van der Waals surface area (Å²) in [4.78, 5) is 20.9. The van der Waals surface area contributed by atoms with E-state index in [2.05, 4.69) is 21.0 Å². The molecule has 1 saturated heterocycles. The van der Waals surface area contributed by atoms with E-state index in [1.807, 2.05) is 10.7 Å². The fourth-order valence-corrected chi connectivity index (χ4v) is 4.24. The molecular weight excluding hydrogens is 302 g/mol. The summed E-state index contributed by atoms with van der Waals surface area (Å²) >= 11 is 0. The van der Waals surface area contributed by atoms with Crippen LogP contribution in [-0.2, 0) is 0 Å². The Bertz CT molecular complexity index is 747. The summed E-state index contributed by atoms with van der Waals surface area (Å²) in [5, 5.41) is 4.48. The lowest BCUT2D eigenvalue weighted by Gasteiger charge is -2.23. The number of carbonyl (C=O) groups is 1. The zero-order chi connectivity index (χ0) is 16.7. The monoisotopic (exact) mass is 327 g/mol. The molecule has 1 aliphatic carbocycles. The number of amides is 1. The third kappa shape index (κ3) is 2.59. The van der Waals surface area contributed by atoms with Gasteiger partial charge in [0.1, 0.15) is 5.56 Å². The number of nitrogens with zero attached hydrogens (tertiary/aromatic N) is 5. The third-order valence-corrected chi connectivity index (χ3v) is 5.55. The topological polar surface area (TPSA) is 53.7 Å². The summed E-state index contributed by atoms with van der Waals surface area (Å²) in [5.74, 6) is 0.423. The molecule has 128 valence electrons. The van der Waals surface area contributed by atoms with Gasteiger partial charge < -0.3 is 4.90 Å².